The number of carbonyl (C=O) groups is 1. The van der Waals surface area contributed by atoms with Gasteiger partial charge in [-0.2, -0.15) is 0 Å². The topological polar surface area (TPSA) is 65.2 Å². The number of hydrogen-bond donors (Lipinski definition) is 1. The highest BCUT2D eigenvalue weighted by atomic mass is 35.5. The van der Waals surface area contributed by atoms with Gasteiger partial charge in [-0.15, -0.1) is 0 Å². The number of carbonyl (C=O) groups excluding carboxylic acids is 1. The summed E-state index contributed by atoms with van der Waals surface area (Å²) in [6.07, 6.45) is 1.41. The van der Waals surface area contributed by atoms with Gasteiger partial charge in [0, 0.05) is 6.20 Å². The fourth-order valence-corrected chi connectivity index (χ4v) is 1.06. The molecule has 0 spiro atoms. The van der Waals surface area contributed by atoms with Crippen LogP contribution in [0.3, 0.4) is 0 Å². The maximum Gasteiger partial charge on any atom is 0.224 e. The van der Waals surface area contributed by atoms with Crippen molar-refractivity contribution in [1.82, 2.24) is 4.98 Å². The summed E-state index contributed by atoms with van der Waals surface area (Å²) in [5.74, 6) is 0.00620. The molecule has 13 heavy (non-hydrogen) atoms. The Kier molecular flexibility index (Phi) is 3.22. The van der Waals surface area contributed by atoms with E-state index in [0.717, 1.165) is 0 Å². The Morgan fingerprint density at radius 1 is 1.77 bits per heavy atom. The molecule has 0 saturated heterocycles. The van der Waals surface area contributed by atoms with Crippen molar-refractivity contribution in [1.29, 1.82) is 0 Å². The summed E-state index contributed by atoms with van der Waals surface area (Å²) in [5, 5.41) is 0.387. The summed E-state index contributed by atoms with van der Waals surface area (Å²) in [4.78, 5) is 15.1. The Balaban J connectivity index is 3.15. The van der Waals surface area contributed by atoms with Crippen LogP contribution in [-0.4, -0.2) is 24.4 Å². The summed E-state index contributed by atoms with van der Waals surface area (Å²) in [6, 6.07) is 1.49. The Morgan fingerprint density at radius 2 is 2.46 bits per heavy atom. The molecule has 0 saturated carbocycles. The van der Waals surface area contributed by atoms with E-state index in [4.69, 9.17) is 22.1 Å². The molecule has 70 valence electrons. The first kappa shape index (κ1) is 9.95. The minimum absolute atomic E-state index is 0.0849. The maximum atomic E-state index is 11.2. The van der Waals surface area contributed by atoms with Gasteiger partial charge in [-0.25, -0.2) is 4.98 Å². The molecule has 5 heteroatoms. The number of pyridine rings is 1. The fourth-order valence-electron chi connectivity index (χ4n) is 0.899. The lowest BCUT2D eigenvalue weighted by Crippen LogP contribution is -2.15. The molecule has 1 rings (SSSR count). The van der Waals surface area contributed by atoms with Crippen LogP contribution in [-0.2, 0) is 0 Å². The molecular weight excluding hydrogens is 192 g/mol. The van der Waals surface area contributed by atoms with Gasteiger partial charge < -0.3 is 10.5 Å². The lowest BCUT2D eigenvalue weighted by Gasteiger charge is -2.04. The van der Waals surface area contributed by atoms with Crippen molar-refractivity contribution >= 4 is 17.4 Å². The first-order valence-electron chi connectivity index (χ1n) is 3.62. The molecule has 1 aromatic heterocycles. The Hall–Kier alpha value is -1.13. The van der Waals surface area contributed by atoms with Gasteiger partial charge in [0.1, 0.15) is 0 Å². The highest BCUT2D eigenvalue weighted by Gasteiger charge is 2.12. The lowest BCUT2D eigenvalue weighted by molar-refractivity contribution is 0.0997. The minimum Gasteiger partial charge on any atom is -0.480 e. The van der Waals surface area contributed by atoms with E-state index in [9.17, 15) is 4.79 Å². The number of methoxy groups -OCH3 is 1. The van der Waals surface area contributed by atoms with Gasteiger partial charge in [-0.05, 0) is 6.07 Å². The van der Waals surface area contributed by atoms with Gasteiger partial charge in [0.25, 0.3) is 0 Å². The van der Waals surface area contributed by atoms with E-state index in [1.807, 2.05) is 0 Å². The van der Waals surface area contributed by atoms with E-state index < -0.39 is 0 Å². The smallest absolute Gasteiger partial charge is 0.224 e. The van der Waals surface area contributed by atoms with Gasteiger partial charge in [0.2, 0.25) is 5.88 Å². The van der Waals surface area contributed by atoms with Crippen LogP contribution in [0, 0.1) is 0 Å². The average molecular weight is 201 g/mol. The molecule has 1 heterocycles. The van der Waals surface area contributed by atoms with Crippen LogP contribution in [0.1, 0.15) is 10.4 Å². The van der Waals surface area contributed by atoms with Crippen molar-refractivity contribution in [3.63, 3.8) is 0 Å². The first-order valence-corrected chi connectivity index (χ1v) is 3.99. The van der Waals surface area contributed by atoms with Crippen LogP contribution in [0.2, 0.25) is 5.02 Å². The van der Waals surface area contributed by atoms with Gasteiger partial charge in [0.15, 0.2) is 5.78 Å². The molecule has 0 aromatic carbocycles. The van der Waals surface area contributed by atoms with Crippen LogP contribution in [0.5, 0.6) is 5.88 Å². The third-order valence-electron chi connectivity index (χ3n) is 1.50. The second-order valence-electron chi connectivity index (χ2n) is 2.34. The second kappa shape index (κ2) is 4.20. The van der Waals surface area contributed by atoms with Crippen molar-refractivity contribution in [2.24, 2.45) is 5.73 Å². The van der Waals surface area contributed by atoms with Crippen LogP contribution in [0.4, 0.5) is 0 Å². The summed E-state index contributed by atoms with van der Waals surface area (Å²) in [5.41, 5.74) is 5.52. The molecule has 0 bridgehead atoms. The summed E-state index contributed by atoms with van der Waals surface area (Å²) in [6.45, 7) is -0.0849. The summed E-state index contributed by atoms with van der Waals surface area (Å²) in [7, 11) is 1.43. The molecular formula is C8H9ClN2O2. The van der Waals surface area contributed by atoms with Gasteiger partial charge in [0.05, 0.1) is 24.2 Å². The fraction of sp³-hybridized carbons (Fsp3) is 0.250. The number of halogens is 1. The predicted molar refractivity (Wildman–Crippen MR) is 49.2 cm³/mol. The molecule has 0 aliphatic carbocycles. The molecule has 0 radical (unpaired) electrons. The van der Waals surface area contributed by atoms with Gasteiger partial charge in [-0.3, -0.25) is 4.79 Å². The third-order valence-corrected chi connectivity index (χ3v) is 1.70. The lowest BCUT2D eigenvalue weighted by atomic mass is 10.2. The number of hydrogen-bond acceptors (Lipinski definition) is 4. The maximum absolute atomic E-state index is 11.2. The molecule has 0 amide bonds. The number of aromatic nitrogens is 1. The normalized spacial score (nSPS) is 9.77. The molecule has 4 nitrogen and oxygen atoms in total. The van der Waals surface area contributed by atoms with E-state index in [1.165, 1.54) is 19.4 Å². The Bertz CT molecular complexity index is 328. The standard InChI is InChI=1S/C8H9ClN2O2/c1-13-8-6(7(12)3-10)2-5(9)4-11-8/h2,4H,3,10H2,1H3. The Morgan fingerprint density at radius 3 is 3.00 bits per heavy atom. The van der Waals surface area contributed by atoms with Crippen molar-refractivity contribution in [2.75, 3.05) is 13.7 Å². The molecule has 0 atom stereocenters. The number of Topliss-reactive ketones (excluding diaryl/α,β-unsaturated/α-hetero) is 1. The number of ether oxygens (including phenoxy) is 1. The zero-order valence-electron chi connectivity index (χ0n) is 7.08. The molecule has 0 unspecified atom stereocenters. The number of nitrogens with zero attached hydrogens (tertiary/aromatic N) is 1. The highest BCUT2D eigenvalue weighted by molar-refractivity contribution is 6.30. The van der Waals surface area contributed by atoms with Crippen LogP contribution in [0.15, 0.2) is 12.3 Å². The average Bonchev–Trinajstić information content (AvgIpc) is 2.16. The zero-order chi connectivity index (χ0) is 9.84. The Labute approximate surface area is 80.7 Å². The predicted octanol–water partition coefficient (Wildman–Crippen LogP) is 0.885. The molecule has 2 N–H and O–H groups in total. The highest BCUT2D eigenvalue weighted by Crippen LogP contribution is 2.19. The second-order valence-corrected chi connectivity index (χ2v) is 2.77. The minimum atomic E-state index is -0.244. The first-order chi connectivity index (χ1) is 6.19. The number of ketones is 1. The van der Waals surface area contributed by atoms with E-state index in [1.54, 1.807) is 0 Å². The molecule has 0 aliphatic rings. The SMILES string of the molecule is COc1ncc(Cl)cc1C(=O)CN. The monoisotopic (exact) mass is 200 g/mol. The van der Waals surface area contributed by atoms with Gasteiger partial charge >= 0.3 is 0 Å². The van der Waals surface area contributed by atoms with E-state index in [0.29, 0.717) is 10.6 Å². The van der Waals surface area contributed by atoms with Crippen molar-refractivity contribution < 1.29 is 9.53 Å². The van der Waals surface area contributed by atoms with E-state index in [2.05, 4.69) is 4.98 Å². The molecule has 1 aromatic rings. The summed E-state index contributed by atoms with van der Waals surface area (Å²) >= 11 is 5.66. The van der Waals surface area contributed by atoms with Crippen molar-refractivity contribution in [3.8, 4) is 5.88 Å². The largest absolute Gasteiger partial charge is 0.480 e. The summed E-state index contributed by atoms with van der Waals surface area (Å²) < 4.78 is 4.88. The van der Waals surface area contributed by atoms with Gasteiger partial charge in [-0.1, -0.05) is 11.6 Å². The van der Waals surface area contributed by atoms with E-state index >= 15 is 0 Å². The third kappa shape index (κ3) is 2.17. The quantitative estimate of drug-likeness (QED) is 0.736. The molecule has 0 fully saturated rings. The van der Waals surface area contributed by atoms with E-state index in [-0.39, 0.29) is 18.2 Å². The van der Waals surface area contributed by atoms with Crippen LogP contribution in [0.25, 0.3) is 0 Å². The van der Waals surface area contributed by atoms with Crippen molar-refractivity contribution in [3.05, 3.63) is 22.8 Å². The molecule has 0 aliphatic heterocycles. The zero-order valence-corrected chi connectivity index (χ0v) is 7.84. The van der Waals surface area contributed by atoms with Crippen LogP contribution >= 0.6 is 11.6 Å². The number of rotatable bonds is 3. The van der Waals surface area contributed by atoms with Crippen molar-refractivity contribution in [2.45, 2.75) is 0 Å². The van der Waals surface area contributed by atoms with Crippen LogP contribution < -0.4 is 10.5 Å². The number of nitrogens with two attached hydrogens (primary N) is 1.